The van der Waals surface area contributed by atoms with E-state index in [1.54, 1.807) is 15.5 Å². The maximum atomic E-state index is 12.6. The molecule has 1 aliphatic rings. The molecule has 4 rings (SSSR count). The number of carbonyl (C=O) groups is 1. The third kappa shape index (κ3) is 4.65. The predicted octanol–water partition coefficient (Wildman–Crippen LogP) is 3.79. The lowest BCUT2D eigenvalue weighted by molar-refractivity contribution is 0.0203. The number of carbonyl (C=O) groups excluding carboxylic acids is 1. The van der Waals surface area contributed by atoms with E-state index in [2.05, 4.69) is 15.2 Å². The van der Waals surface area contributed by atoms with Crippen molar-refractivity contribution in [2.75, 3.05) is 13.1 Å². The van der Waals surface area contributed by atoms with Crippen LogP contribution in [0.1, 0.15) is 77.6 Å². The minimum atomic E-state index is -0.530. The molecule has 3 aromatic rings. The first-order valence-corrected chi connectivity index (χ1v) is 11.3. The first kappa shape index (κ1) is 23.0. The van der Waals surface area contributed by atoms with Crippen molar-refractivity contribution < 1.29 is 13.9 Å². The summed E-state index contributed by atoms with van der Waals surface area (Å²) in [5, 5.41) is 13.1. The fraction of sp³-hybridized carbons (Fsp3) is 0.609. The largest absolute Gasteiger partial charge is 0.444 e. The molecule has 0 saturated carbocycles. The molecule has 0 unspecified atom stereocenters. The van der Waals surface area contributed by atoms with Crippen LogP contribution in [-0.2, 0) is 10.2 Å². The van der Waals surface area contributed by atoms with Gasteiger partial charge in [0.1, 0.15) is 16.8 Å². The first-order chi connectivity index (χ1) is 15.3. The minimum Gasteiger partial charge on any atom is -0.444 e. The standard InChI is InChI=1S/C23H32N6O4/c1-13-17(19-25-26-20(32-19)22(2,3)4)18-24-16(30)12-15(29(18)27-13)14-8-10-28(11-9-14)21(31)33-23(5,6)7/h12,14H,8-11H2,1-7H3,(H,24,30). The van der Waals surface area contributed by atoms with E-state index >= 15 is 0 Å². The molecule has 4 heterocycles. The first-order valence-electron chi connectivity index (χ1n) is 11.3. The van der Waals surface area contributed by atoms with E-state index in [1.807, 2.05) is 48.5 Å². The Labute approximate surface area is 192 Å². The van der Waals surface area contributed by atoms with E-state index in [1.165, 1.54) is 0 Å². The molecule has 1 saturated heterocycles. The van der Waals surface area contributed by atoms with E-state index in [0.717, 1.165) is 5.69 Å². The van der Waals surface area contributed by atoms with E-state index in [-0.39, 0.29) is 23.0 Å². The van der Waals surface area contributed by atoms with Crippen LogP contribution in [0.3, 0.4) is 0 Å². The predicted molar refractivity (Wildman–Crippen MR) is 122 cm³/mol. The molecule has 0 radical (unpaired) electrons. The second kappa shape index (κ2) is 8.00. The van der Waals surface area contributed by atoms with Crippen molar-refractivity contribution in [3.8, 4) is 11.5 Å². The normalized spacial score (nSPS) is 15.9. The number of rotatable bonds is 2. The minimum absolute atomic E-state index is 0.0773. The number of fused-ring (bicyclic) bond motifs is 1. The van der Waals surface area contributed by atoms with Crippen LogP contribution >= 0.6 is 0 Å². The number of hydrogen-bond acceptors (Lipinski definition) is 7. The second-order valence-electron chi connectivity index (χ2n) is 10.7. The highest BCUT2D eigenvalue weighted by atomic mass is 16.6. The average molecular weight is 457 g/mol. The maximum absolute atomic E-state index is 12.6. The highest BCUT2D eigenvalue weighted by Gasteiger charge is 2.30. The van der Waals surface area contributed by atoms with Crippen LogP contribution in [-0.4, -0.2) is 54.5 Å². The number of nitrogens with one attached hydrogen (secondary N) is 1. The fourth-order valence-corrected chi connectivity index (χ4v) is 4.04. The molecule has 33 heavy (non-hydrogen) atoms. The smallest absolute Gasteiger partial charge is 0.410 e. The molecule has 3 aromatic heterocycles. The van der Waals surface area contributed by atoms with E-state index in [9.17, 15) is 9.59 Å². The Morgan fingerprint density at radius 3 is 2.39 bits per heavy atom. The molecule has 10 nitrogen and oxygen atoms in total. The third-order valence-electron chi connectivity index (χ3n) is 5.67. The van der Waals surface area contributed by atoms with Crippen LogP contribution in [0.15, 0.2) is 15.3 Å². The number of H-pyrrole nitrogens is 1. The van der Waals surface area contributed by atoms with E-state index < -0.39 is 5.60 Å². The molecule has 1 amide bonds. The van der Waals surface area contributed by atoms with Gasteiger partial charge in [0.05, 0.1) is 11.4 Å². The van der Waals surface area contributed by atoms with Crippen LogP contribution < -0.4 is 5.56 Å². The monoisotopic (exact) mass is 456 g/mol. The third-order valence-corrected chi connectivity index (χ3v) is 5.67. The Kier molecular flexibility index (Phi) is 5.58. The molecule has 1 fully saturated rings. The molecule has 178 valence electrons. The van der Waals surface area contributed by atoms with Crippen molar-refractivity contribution in [1.82, 2.24) is 29.7 Å². The van der Waals surface area contributed by atoms with Crippen LogP contribution in [0.5, 0.6) is 0 Å². The second-order valence-corrected chi connectivity index (χ2v) is 10.7. The number of piperidine rings is 1. The van der Waals surface area contributed by atoms with Crippen molar-refractivity contribution >= 4 is 11.7 Å². The molecule has 0 atom stereocenters. The molecular weight excluding hydrogens is 424 g/mol. The summed E-state index contributed by atoms with van der Waals surface area (Å²) in [5.74, 6) is 0.928. The SMILES string of the molecule is Cc1nn2c(C3CCN(C(=O)OC(C)(C)C)CC3)cc(=O)[nH]c2c1-c1nnc(C(C)(C)C)o1. The zero-order valence-corrected chi connectivity index (χ0v) is 20.4. The quantitative estimate of drug-likeness (QED) is 0.623. The van der Waals surface area contributed by atoms with Crippen LogP contribution in [0, 0.1) is 6.92 Å². The van der Waals surface area contributed by atoms with Gasteiger partial charge in [0.25, 0.3) is 11.4 Å². The number of ether oxygens (including phenoxy) is 1. The molecule has 10 heteroatoms. The number of aromatic nitrogens is 5. The van der Waals surface area contributed by atoms with Gasteiger partial charge in [0, 0.05) is 30.5 Å². The van der Waals surface area contributed by atoms with Gasteiger partial charge >= 0.3 is 6.09 Å². The van der Waals surface area contributed by atoms with E-state index in [0.29, 0.717) is 54.6 Å². The Hall–Kier alpha value is -3.17. The molecule has 1 aliphatic heterocycles. The van der Waals surface area contributed by atoms with Gasteiger partial charge in [-0.2, -0.15) is 5.10 Å². The topological polar surface area (TPSA) is 119 Å². The van der Waals surface area contributed by atoms with E-state index in [4.69, 9.17) is 14.3 Å². The highest BCUT2D eigenvalue weighted by Crippen LogP contribution is 2.33. The molecule has 1 N–H and O–H groups in total. The Balaban J connectivity index is 1.64. The summed E-state index contributed by atoms with van der Waals surface area (Å²) < 4.78 is 13.2. The van der Waals surface area contributed by atoms with Gasteiger partial charge in [-0.3, -0.25) is 4.79 Å². The summed E-state index contributed by atoms with van der Waals surface area (Å²) in [6.45, 7) is 14.5. The van der Waals surface area contributed by atoms with Crippen LogP contribution in [0.4, 0.5) is 4.79 Å². The summed E-state index contributed by atoms with van der Waals surface area (Å²) in [6.07, 6.45) is 1.11. The lowest BCUT2D eigenvalue weighted by Gasteiger charge is -2.33. The van der Waals surface area contributed by atoms with Crippen LogP contribution in [0.2, 0.25) is 0 Å². The Morgan fingerprint density at radius 1 is 1.15 bits per heavy atom. The molecule has 0 spiro atoms. The summed E-state index contributed by atoms with van der Waals surface area (Å²) in [4.78, 5) is 29.6. The number of likely N-dealkylation sites (tertiary alicyclic amines) is 1. The van der Waals surface area contributed by atoms with Crippen molar-refractivity contribution in [3.05, 3.63) is 33.7 Å². The Bertz CT molecular complexity index is 1230. The number of aryl methyl sites for hydroxylation is 1. The van der Waals surface area contributed by atoms with Crippen molar-refractivity contribution in [2.45, 2.75) is 78.2 Å². The van der Waals surface area contributed by atoms with Gasteiger partial charge in [-0.15, -0.1) is 10.2 Å². The summed E-state index contributed by atoms with van der Waals surface area (Å²) in [5.41, 5.74) is 1.62. The average Bonchev–Trinajstić information content (AvgIpc) is 3.30. The van der Waals surface area contributed by atoms with Crippen molar-refractivity contribution in [2.24, 2.45) is 0 Å². The van der Waals surface area contributed by atoms with Crippen molar-refractivity contribution in [1.29, 1.82) is 0 Å². The molecule has 0 aliphatic carbocycles. The van der Waals surface area contributed by atoms with Crippen molar-refractivity contribution in [3.63, 3.8) is 0 Å². The zero-order chi connectivity index (χ0) is 24.1. The van der Waals surface area contributed by atoms with Crippen LogP contribution in [0.25, 0.3) is 17.1 Å². The van der Waals surface area contributed by atoms with Gasteiger partial charge < -0.3 is 19.0 Å². The molecule has 0 bridgehead atoms. The maximum Gasteiger partial charge on any atom is 0.410 e. The summed E-state index contributed by atoms with van der Waals surface area (Å²) >= 11 is 0. The lowest BCUT2D eigenvalue weighted by Crippen LogP contribution is -2.41. The zero-order valence-electron chi connectivity index (χ0n) is 20.4. The molecular formula is C23H32N6O4. The summed E-state index contributed by atoms with van der Waals surface area (Å²) in [7, 11) is 0. The fourth-order valence-electron chi connectivity index (χ4n) is 4.04. The van der Waals surface area contributed by atoms with Gasteiger partial charge in [-0.25, -0.2) is 9.31 Å². The number of nitrogens with zero attached hydrogens (tertiary/aromatic N) is 5. The summed E-state index contributed by atoms with van der Waals surface area (Å²) in [6, 6.07) is 1.59. The number of aromatic amines is 1. The lowest BCUT2D eigenvalue weighted by atomic mass is 9.93. The van der Waals surface area contributed by atoms with Gasteiger partial charge in [0.15, 0.2) is 0 Å². The van der Waals surface area contributed by atoms with Gasteiger partial charge in [-0.1, -0.05) is 20.8 Å². The number of hydrogen-bond donors (Lipinski definition) is 1. The number of amides is 1. The Morgan fingerprint density at radius 2 is 1.82 bits per heavy atom. The van der Waals surface area contributed by atoms with Gasteiger partial charge in [-0.05, 0) is 40.5 Å². The van der Waals surface area contributed by atoms with Gasteiger partial charge in [0.2, 0.25) is 5.89 Å². The molecule has 0 aromatic carbocycles. The highest BCUT2D eigenvalue weighted by molar-refractivity contribution is 5.74.